The van der Waals surface area contributed by atoms with E-state index in [1.807, 2.05) is 32.0 Å². The number of nitrogens with zero attached hydrogens (tertiary/aromatic N) is 1. The Balaban J connectivity index is 2.59. The number of rotatable bonds is 11. The normalized spacial score (nSPS) is 12.6. The summed E-state index contributed by atoms with van der Waals surface area (Å²) >= 11 is 4.35. The molecule has 0 saturated carbocycles. The van der Waals surface area contributed by atoms with E-state index < -0.39 is 35.6 Å². The van der Waals surface area contributed by atoms with E-state index >= 15 is 0 Å². The van der Waals surface area contributed by atoms with Crippen molar-refractivity contribution >= 4 is 36.2 Å². The average molecular weight is 552 g/mol. The van der Waals surface area contributed by atoms with Crippen LogP contribution in [0.5, 0.6) is 0 Å². The molecule has 8 heteroatoms. The fourth-order valence-corrected chi connectivity index (χ4v) is 4.50. The second-order valence-corrected chi connectivity index (χ2v) is 10.9. The van der Waals surface area contributed by atoms with Gasteiger partial charge in [0.15, 0.2) is 0 Å². The molecule has 2 N–H and O–H groups in total. The van der Waals surface area contributed by atoms with Crippen molar-refractivity contribution < 1.29 is 19.1 Å². The summed E-state index contributed by atoms with van der Waals surface area (Å²) < 4.78 is 5.37. The number of benzene rings is 2. The van der Waals surface area contributed by atoms with E-state index in [1.54, 1.807) is 45.0 Å². The largest absolute Gasteiger partial charge is 0.444 e. The highest BCUT2D eigenvalue weighted by Crippen LogP contribution is 2.29. The molecule has 2 rings (SSSR count). The zero-order valence-corrected chi connectivity index (χ0v) is 24.7. The van der Waals surface area contributed by atoms with Gasteiger partial charge in [-0.2, -0.15) is 12.6 Å². The van der Waals surface area contributed by atoms with E-state index in [0.29, 0.717) is 23.2 Å². The third-order valence-corrected chi connectivity index (χ3v) is 6.52. The van der Waals surface area contributed by atoms with Gasteiger partial charge in [-0.3, -0.25) is 9.59 Å². The van der Waals surface area contributed by atoms with Gasteiger partial charge in [0.2, 0.25) is 5.91 Å². The maximum Gasteiger partial charge on any atom is 0.408 e. The minimum absolute atomic E-state index is 0.0182. The molecule has 2 atom stereocenters. The standard InChI is InChI=1S/C31H41N3O4S/c1-8-10-13-19-34(29(36)25(20-39)32-30(37)38-31(5,6)7)27(24-18-12-11-17-23(24)9-2)28(35)33-26-21(3)15-14-16-22(26)4/h2,11-12,14-18,25,27,39H,8,10,13,19-20H2,1,3-7H3,(H,32,37)(H,33,35). The predicted octanol–water partition coefficient (Wildman–Crippen LogP) is 5.81. The van der Waals surface area contributed by atoms with Crippen LogP contribution in [0, 0.1) is 26.2 Å². The fraction of sp³-hybridized carbons (Fsp3) is 0.452. The summed E-state index contributed by atoms with van der Waals surface area (Å²) in [5, 5.41) is 5.69. The first-order valence-corrected chi connectivity index (χ1v) is 13.9. The molecule has 0 saturated heterocycles. The number of amides is 3. The van der Waals surface area contributed by atoms with Gasteiger partial charge in [0, 0.05) is 23.5 Å². The van der Waals surface area contributed by atoms with Gasteiger partial charge < -0.3 is 20.3 Å². The third kappa shape index (κ3) is 9.07. The topological polar surface area (TPSA) is 87.7 Å². The first kappa shape index (κ1) is 31.8. The number of aryl methyl sites for hydroxylation is 2. The van der Waals surface area contributed by atoms with Crippen LogP contribution in [0.2, 0.25) is 0 Å². The molecule has 0 aliphatic carbocycles. The number of ether oxygens (including phenoxy) is 1. The summed E-state index contributed by atoms with van der Waals surface area (Å²) in [6.07, 6.45) is 7.54. The number of anilines is 1. The van der Waals surface area contributed by atoms with Crippen molar-refractivity contribution in [1.82, 2.24) is 10.2 Å². The van der Waals surface area contributed by atoms with Crippen molar-refractivity contribution in [3.63, 3.8) is 0 Å². The lowest BCUT2D eigenvalue weighted by Gasteiger charge is -2.35. The van der Waals surface area contributed by atoms with Gasteiger partial charge >= 0.3 is 6.09 Å². The van der Waals surface area contributed by atoms with Crippen molar-refractivity contribution in [2.45, 2.75) is 78.5 Å². The zero-order chi connectivity index (χ0) is 29.2. The van der Waals surface area contributed by atoms with Gasteiger partial charge in [-0.15, -0.1) is 6.42 Å². The summed E-state index contributed by atoms with van der Waals surface area (Å²) in [6, 6.07) is 10.8. The molecular weight excluding hydrogens is 510 g/mol. The van der Waals surface area contributed by atoms with Crippen molar-refractivity contribution in [2.24, 2.45) is 0 Å². The molecular formula is C31H41N3O4S. The first-order valence-electron chi connectivity index (χ1n) is 13.3. The molecule has 0 spiro atoms. The van der Waals surface area contributed by atoms with Gasteiger partial charge in [0.1, 0.15) is 17.7 Å². The summed E-state index contributed by atoms with van der Waals surface area (Å²) in [4.78, 5) is 42.2. The number of hydrogen-bond donors (Lipinski definition) is 3. The van der Waals surface area contributed by atoms with Crippen LogP contribution in [0.15, 0.2) is 42.5 Å². The summed E-state index contributed by atoms with van der Waals surface area (Å²) in [6.45, 7) is 11.4. The van der Waals surface area contributed by atoms with Crippen LogP contribution in [0.4, 0.5) is 10.5 Å². The van der Waals surface area contributed by atoms with Crippen molar-refractivity contribution in [3.8, 4) is 12.3 Å². The van der Waals surface area contributed by atoms with E-state index in [0.717, 1.165) is 24.0 Å². The second kappa shape index (κ2) is 14.6. The minimum atomic E-state index is -1.04. The number of para-hydroxylation sites is 1. The molecule has 39 heavy (non-hydrogen) atoms. The van der Waals surface area contributed by atoms with Crippen LogP contribution in [-0.4, -0.2) is 46.7 Å². The highest BCUT2D eigenvalue weighted by atomic mass is 32.1. The van der Waals surface area contributed by atoms with Crippen LogP contribution < -0.4 is 10.6 Å². The summed E-state index contributed by atoms with van der Waals surface area (Å²) in [5.41, 5.74) is 2.78. The Hall–Kier alpha value is -3.44. The van der Waals surface area contributed by atoms with E-state index in [9.17, 15) is 14.4 Å². The molecule has 2 aromatic carbocycles. The maximum atomic E-state index is 14.1. The molecule has 0 heterocycles. The molecule has 2 aromatic rings. The van der Waals surface area contributed by atoms with Crippen LogP contribution in [-0.2, 0) is 14.3 Å². The zero-order valence-electron chi connectivity index (χ0n) is 23.8. The van der Waals surface area contributed by atoms with Crippen LogP contribution >= 0.6 is 12.6 Å². The number of alkyl carbamates (subject to hydrolysis) is 1. The highest BCUT2D eigenvalue weighted by molar-refractivity contribution is 7.80. The Morgan fingerprint density at radius 2 is 1.69 bits per heavy atom. The number of thiol groups is 1. The Labute approximate surface area is 238 Å². The molecule has 0 radical (unpaired) electrons. The van der Waals surface area contributed by atoms with Crippen LogP contribution in [0.3, 0.4) is 0 Å². The Morgan fingerprint density at radius 3 is 2.26 bits per heavy atom. The number of unbranched alkanes of at least 4 members (excludes halogenated alkanes) is 2. The lowest BCUT2D eigenvalue weighted by molar-refractivity contribution is -0.140. The SMILES string of the molecule is C#Cc1ccccc1C(C(=O)Nc1c(C)cccc1C)N(CCCCC)C(=O)C(CS)NC(=O)OC(C)(C)C. The Morgan fingerprint density at radius 1 is 1.05 bits per heavy atom. The number of nitrogens with one attached hydrogen (secondary N) is 2. The molecule has 0 aromatic heterocycles. The van der Waals surface area contributed by atoms with Crippen molar-refractivity contribution in [2.75, 3.05) is 17.6 Å². The first-order chi connectivity index (χ1) is 18.4. The molecule has 3 amide bonds. The van der Waals surface area contributed by atoms with Gasteiger partial charge in [0.05, 0.1) is 0 Å². The number of hydrogen-bond acceptors (Lipinski definition) is 5. The van der Waals surface area contributed by atoms with E-state index in [1.165, 1.54) is 4.90 Å². The maximum absolute atomic E-state index is 14.1. The smallest absolute Gasteiger partial charge is 0.408 e. The van der Waals surface area contributed by atoms with Gasteiger partial charge in [-0.05, 0) is 63.8 Å². The van der Waals surface area contributed by atoms with Crippen LogP contribution in [0.1, 0.15) is 75.3 Å². The quantitative estimate of drug-likeness (QED) is 0.187. The molecule has 2 unspecified atom stereocenters. The van der Waals surface area contributed by atoms with Gasteiger partial charge in [-0.1, -0.05) is 62.1 Å². The minimum Gasteiger partial charge on any atom is -0.444 e. The van der Waals surface area contributed by atoms with Gasteiger partial charge in [-0.25, -0.2) is 4.79 Å². The average Bonchev–Trinajstić information content (AvgIpc) is 2.87. The number of carbonyl (C=O) groups is 3. The highest BCUT2D eigenvalue weighted by Gasteiger charge is 2.36. The fourth-order valence-electron chi connectivity index (χ4n) is 4.25. The molecule has 0 bridgehead atoms. The molecule has 0 aliphatic rings. The monoisotopic (exact) mass is 551 g/mol. The predicted molar refractivity (Wildman–Crippen MR) is 160 cm³/mol. The van der Waals surface area contributed by atoms with Gasteiger partial charge in [0.25, 0.3) is 5.91 Å². The third-order valence-electron chi connectivity index (χ3n) is 6.16. The molecule has 0 aliphatic heterocycles. The molecule has 210 valence electrons. The van der Waals surface area contributed by atoms with E-state index in [4.69, 9.17) is 11.2 Å². The number of terminal acetylenes is 1. The lowest BCUT2D eigenvalue weighted by atomic mass is 9.96. The molecule has 0 fully saturated rings. The lowest BCUT2D eigenvalue weighted by Crippen LogP contribution is -2.53. The Kier molecular flexibility index (Phi) is 11.9. The van der Waals surface area contributed by atoms with E-state index in [-0.39, 0.29) is 12.3 Å². The number of carbonyl (C=O) groups excluding carboxylic acids is 3. The summed E-state index contributed by atoms with van der Waals surface area (Å²) in [5.74, 6) is 1.84. The second-order valence-electron chi connectivity index (χ2n) is 10.5. The Bertz CT molecular complexity index is 1180. The van der Waals surface area contributed by atoms with E-state index in [2.05, 4.69) is 36.1 Å². The summed E-state index contributed by atoms with van der Waals surface area (Å²) in [7, 11) is 0. The van der Waals surface area contributed by atoms with Crippen molar-refractivity contribution in [1.29, 1.82) is 0 Å². The van der Waals surface area contributed by atoms with Crippen LogP contribution in [0.25, 0.3) is 0 Å². The molecule has 7 nitrogen and oxygen atoms in total. The van der Waals surface area contributed by atoms with Crippen molar-refractivity contribution in [3.05, 3.63) is 64.7 Å².